The fourth-order valence-electron chi connectivity index (χ4n) is 4.31. The Hall–Kier alpha value is -4.63. The largest absolute Gasteiger partial charge is 0.426 e. The van der Waals surface area contributed by atoms with E-state index in [4.69, 9.17) is 23.1 Å². The van der Waals surface area contributed by atoms with Gasteiger partial charge in [-0.3, -0.25) is 14.1 Å². The van der Waals surface area contributed by atoms with E-state index in [1.807, 2.05) is 0 Å². The van der Waals surface area contributed by atoms with Crippen molar-refractivity contribution in [3.8, 4) is 23.0 Å². The Morgan fingerprint density at radius 2 is 1.12 bits per heavy atom. The summed E-state index contributed by atoms with van der Waals surface area (Å²) >= 11 is 0. The van der Waals surface area contributed by atoms with Crippen molar-refractivity contribution in [2.75, 3.05) is 6.54 Å². The normalized spacial score (nSPS) is 14.2. The van der Waals surface area contributed by atoms with E-state index >= 15 is 0 Å². The highest BCUT2D eigenvalue weighted by Gasteiger charge is 2.27. The van der Waals surface area contributed by atoms with Crippen molar-refractivity contribution in [2.45, 2.75) is 73.0 Å². The van der Waals surface area contributed by atoms with Crippen LogP contribution in [0.3, 0.4) is 0 Å². The van der Waals surface area contributed by atoms with E-state index in [-0.39, 0.29) is 52.3 Å². The van der Waals surface area contributed by atoms with Gasteiger partial charge in [0.25, 0.3) is 0 Å². The molecule has 1 atom stereocenters. The molecule has 0 heterocycles. The highest BCUT2D eigenvalue weighted by Crippen LogP contribution is 2.32. The van der Waals surface area contributed by atoms with Crippen LogP contribution in [0.25, 0.3) is 0 Å². The lowest BCUT2D eigenvalue weighted by atomic mass is 9.93. The summed E-state index contributed by atoms with van der Waals surface area (Å²) in [5, 5.41) is 3.18. The van der Waals surface area contributed by atoms with Crippen LogP contribution in [-0.2, 0) is 24.2 Å². The molecule has 0 aliphatic heterocycles. The van der Waals surface area contributed by atoms with E-state index in [1.165, 1.54) is 66.7 Å². The van der Waals surface area contributed by atoms with Crippen LogP contribution in [0.4, 0.5) is 0 Å². The van der Waals surface area contributed by atoms with Crippen molar-refractivity contribution in [3.05, 3.63) is 83.4 Å². The minimum atomic E-state index is -4.94. The van der Waals surface area contributed by atoms with E-state index < -0.39 is 51.2 Å². The van der Waals surface area contributed by atoms with Gasteiger partial charge in [0, 0.05) is 18.7 Å². The zero-order valence-electron chi connectivity index (χ0n) is 28.7. The molecule has 1 unspecified atom stereocenters. The second-order valence-corrected chi connectivity index (χ2v) is 14.9. The lowest BCUT2D eigenvalue weighted by Crippen LogP contribution is -2.38. The van der Waals surface area contributed by atoms with E-state index in [0.29, 0.717) is 0 Å². The van der Waals surface area contributed by atoms with Crippen LogP contribution in [0, 0.1) is 10.8 Å². The molecule has 50 heavy (non-hydrogen) atoms. The first-order valence-corrected chi connectivity index (χ1v) is 17.3. The smallest absolute Gasteiger partial charge is 0.397 e. The third-order valence-electron chi connectivity index (χ3n) is 7.46. The van der Waals surface area contributed by atoms with Crippen LogP contribution in [-0.4, -0.2) is 49.4 Å². The van der Waals surface area contributed by atoms with Gasteiger partial charge in [-0.15, -0.1) is 0 Å². The molecule has 1 saturated carbocycles. The molecular weight excluding hydrogens is 670 g/mol. The second-order valence-electron chi connectivity index (χ2n) is 13.9. The zero-order valence-corrected chi connectivity index (χ0v) is 29.5. The molecule has 0 amide bonds. The van der Waals surface area contributed by atoms with Gasteiger partial charge in [0.15, 0.2) is 0 Å². The molecule has 3 aromatic rings. The number of rotatable bonds is 12. The van der Waals surface area contributed by atoms with Crippen molar-refractivity contribution in [2.24, 2.45) is 10.8 Å². The molecule has 4 rings (SSSR count). The minimum absolute atomic E-state index is 0.0429. The number of carbonyl (C=O) groups is 4. The van der Waals surface area contributed by atoms with Crippen molar-refractivity contribution in [1.29, 1.82) is 0 Å². The van der Waals surface area contributed by atoms with Gasteiger partial charge in [-0.1, -0.05) is 6.42 Å². The van der Waals surface area contributed by atoms with Crippen LogP contribution in [0.2, 0.25) is 0 Å². The minimum Gasteiger partial charge on any atom is -0.426 e. The number of esters is 4. The summed E-state index contributed by atoms with van der Waals surface area (Å²) < 4.78 is 60.0. The van der Waals surface area contributed by atoms with Crippen molar-refractivity contribution in [3.63, 3.8) is 0 Å². The van der Waals surface area contributed by atoms with E-state index in [9.17, 15) is 32.1 Å². The Morgan fingerprint density at radius 1 is 0.700 bits per heavy atom. The molecule has 2 N–H and O–H groups in total. The monoisotopic (exact) mass is 711 g/mol. The van der Waals surface area contributed by atoms with Gasteiger partial charge >= 0.3 is 34.3 Å². The summed E-state index contributed by atoms with van der Waals surface area (Å²) in [4.78, 5) is 50.7. The Morgan fingerprint density at radius 3 is 1.46 bits per heavy atom. The summed E-state index contributed by atoms with van der Waals surface area (Å²) in [7, 11) is -4.94. The number of hydrogen-bond acceptors (Lipinski definition) is 12. The van der Waals surface area contributed by atoms with E-state index in [0.717, 1.165) is 19.3 Å². The zero-order chi connectivity index (χ0) is 36.9. The van der Waals surface area contributed by atoms with Gasteiger partial charge in [-0.05, 0) is 121 Å². The summed E-state index contributed by atoms with van der Waals surface area (Å²) in [6.45, 7) is 10.2. The first kappa shape index (κ1) is 38.2. The number of carbonyl (C=O) groups excluding carboxylic acids is 4. The number of hydrogen-bond donors (Lipinski definition) is 2. The van der Waals surface area contributed by atoms with Crippen molar-refractivity contribution in [1.82, 2.24) is 5.32 Å². The standard InChI is InChI=1S/C36H41NO12S/c1-35(2,3)33(40)47-26-14-10-22(11-15-26)31(38)45-28-18-24(30(49-50(42,43)44)21-37-25-8-7-9-25)19-29(20-28)46-32(39)23-12-16-27(17-13-23)48-34(41)36(4,5)6/h10-20,25,30,37H,7-9,21H2,1-6H3,(H,42,43,44). The molecule has 0 aromatic heterocycles. The highest BCUT2D eigenvalue weighted by atomic mass is 32.3. The molecule has 0 saturated heterocycles. The summed E-state index contributed by atoms with van der Waals surface area (Å²) in [6.07, 6.45) is 1.46. The fourth-order valence-corrected chi connectivity index (χ4v) is 4.78. The van der Waals surface area contributed by atoms with Gasteiger partial charge in [-0.2, -0.15) is 8.42 Å². The van der Waals surface area contributed by atoms with Gasteiger partial charge in [0.2, 0.25) is 0 Å². The topological polar surface area (TPSA) is 181 Å². The van der Waals surface area contributed by atoms with Crippen LogP contribution < -0.4 is 24.3 Å². The van der Waals surface area contributed by atoms with Gasteiger partial charge in [0.05, 0.1) is 22.0 Å². The summed E-state index contributed by atoms with van der Waals surface area (Å²) in [6, 6.07) is 15.3. The Balaban J connectivity index is 1.59. The van der Waals surface area contributed by atoms with Crippen LogP contribution in [0.5, 0.6) is 23.0 Å². The lowest BCUT2D eigenvalue weighted by molar-refractivity contribution is -0.143. The third kappa shape index (κ3) is 11.2. The molecule has 14 heteroatoms. The molecule has 0 radical (unpaired) electrons. The SMILES string of the molecule is CC(C)(C)C(=O)Oc1ccc(C(=O)Oc2cc(OC(=O)c3ccc(OC(=O)C(C)(C)C)cc3)cc(C(CNC3CCC3)OS(=O)(=O)O)c2)cc1. The number of nitrogens with one attached hydrogen (secondary N) is 1. The maximum Gasteiger partial charge on any atom is 0.397 e. The summed E-state index contributed by atoms with van der Waals surface area (Å²) in [5.74, 6) is -2.38. The van der Waals surface area contributed by atoms with Crippen LogP contribution >= 0.6 is 0 Å². The highest BCUT2D eigenvalue weighted by molar-refractivity contribution is 7.80. The first-order chi connectivity index (χ1) is 23.3. The first-order valence-electron chi connectivity index (χ1n) is 15.9. The molecule has 0 spiro atoms. The predicted molar refractivity (Wildman–Crippen MR) is 180 cm³/mol. The Labute approximate surface area is 291 Å². The molecule has 13 nitrogen and oxygen atoms in total. The molecule has 1 aliphatic rings. The van der Waals surface area contributed by atoms with Gasteiger partial charge in [-0.25, -0.2) is 13.8 Å². The molecule has 1 aliphatic carbocycles. The van der Waals surface area contributed by atoms with Crippen molar-refractivity contribution >= 4 is 34.3 Å². The summed E-state index contributed by atoms with van der Waals surface area (Å²) in [5.41, 5.74) is -1.18. The van der Waals surface area contributed by atoms with Gasteiger partial charge < -0.3 is 24.3 Å². The molecule has 268 valence electrons. The van der Waals surface area contributed by atoms with Crippen molar-refractivity contribution < 1.29 is 55.3 Å². The van der Waals surface area contributed by atoms with Crippen LogP contribution in [0.1, 0.15) is 93.2 Å². The average Bonchev–Trinajstić information content (AvgIpc) is 2.98. The Kier molecular flexibility index (Phi) is 11.8. The quantitative estimate of drug-likeness (QED) is 0.126. The predicted octanol–water partition coefficient (Wildman–Crippen LogP) is 6.03. The maximum absolute atomic E-state index is 13.2. The Bertz CT molecular complexity index is 1710. The maximum atomic E-state index is 13.2. The van der Waals surface area contributed by atoms with Gasteiger partial charge in [0.1, 0.15) is 29.1 Å². The third-order valence-corrected chi connectivity index (χ3v) is 7.93. The molecule has 1 fully saturated rings. The van der Waals surface area contributed by atoms with E-state index in [2.05, 4.69) is 5.32 Å². The van der Waals surface area contributed by atoms with Crippen LogP contribution in [0.15, 0.2) is 66.7 Å². The fraction of sp³-hybridized carbons (Fsp3) is 0.389. The lowest BCUT2D eigenvalue weighted by Gasteiger charge is -2.28. The van der Waals surface area contributed by atoms with E-state index in [1.54, 1.807) is 41.5 Å². The molecule has 3 aromatic carbocycles. The molecule has 0 bridgehead atoms. The number of benzene rings is 3. The molecular formula is C36H41NO12S. The average molecular weight is 712 g/mol. The number of ether oxygens (including phenoxy) is 4. The second kappa shape index (κ2) is 15.5.